The van der Waals surface area contributed by atoms with Crippen LogP contribution < -0.4 is 31.1 Å². The van der Waals surface area contributed by atoms with Gasteiger partial charge in [0.1, 0.15) is 4.90 Å². The van der Waals surface area contributed by atoms with Gasteiger partial charge in [0.15, 0.2) is 0 Å². The monoisotopic (exact) mass is 1020 g/mol. The number of anilines is 10. The van der Waals surface area contributed by atoms with Gasteiger partial charge in [-0.1, -0.05) is 65.7 Å². The molecule has 6 aromatic rings. The van der Waals surface area contributed by atoms with Crippen molar-refractivity contribution in [2.75, 3.05) is 138 Å². The number of likely N-dealkylation sites (N-methyl/N-ethyl adjacent to an activating group) is 2. The van der Waals surface area contributed by atoms with E-state index in [-0.39, 0.29) is 22.4 Å². The number of nitrogens with zero attached hydrogens (tertiary/aromatic N) is 12. The molecule has 4 aromatic carbocycles. The highest BCUT2D eigenvalue weighted by Crippen LogP contribution is 2.32. The van der Waals surface area contributed by atoms with E-state index in [1.54, 1.807) is 42.5 Å². The van der Waals surface area contributed by atoms with Gasteiger partial charge in [0.25, 0.3) is 10.1 Å². The molecule has 6 N–H and O–H groups in total. The van der Waals surface area contributed by atoms with Crippen LogP contribution in [0, 0.1) is 0 Å². The fraction of sp³-hybridized carbons (Fsp3) is 0.333. The Kier molecular flexibility index (Phi) is 17.8. The molecule has 380 valence electrons. The molecular weight excluding hydrogens is 961 g/mol. The average Bonchev–Trinajstić information content (AvgIpc) is 3.37. The Morgan fingerprint density at radius 3 is 1.42 bits per heavy atom. The number of hydrogen-bond acceptors (Lipinski definition) is 22. The molecule has 4 heterocycles. The summed E-state index contributed by atoms with van der Waals surface area (Å²) in [6.07, 6.45) is 3.19. The minimum atomic E-state index is -4.75. The van der Waals surface area contributed by atoms with E-state index in [4.69, 9.17) is 29.5 Å². The maximum absolute atomic E-state index is 13.0. The maximum Gasteiger partial charge on any atom is 0.295 e. The van der Waals surface area contributed by atoms with Gasteiger partial charge in [0, 0.05) is 106 Å². The zero-order chi connectivity index (χ0) is 50.5. The summed E-state index contributed by atoms with van der Waals surface area (Å²) in [4.78, 5) is 41.9. The molecule has 2 fully saturated rings. The van der Waals surface area contributed by atoms with Crippen molar-refractivity contribution in [2.24, 2.45) is 0 Å². The van der Waals surface area contributed by atoms with Crippen molar-refractivity contribution < 1.29 is 27.6 Å². The van der Waals surface area contributed by atoms with E-state index < -0.39 is 10.1 Å². The molecule has 22 nitrogen and oxygen atoms in total. The molecule has 72 heavy (non-hydrogen) atoms. The average molecular weight is 1020 g/mol. The van der Waals surface area contributed by atoms with Crippen molar-refractivity contribution in [2.45, 2.75) is 9.79 Å². The maximum atomic E-state index is 13.0. The summed E-state index contributed by atoms with van der Waals surface area (Å²) >= 11 is 0.719. The number of rotatable bonds is 22. The SMILES string of the molecule is CN(C)CCN1CCN(c2nc(Nc3ccccc3)nc(Nc3ccc(C=Cc4ccc(Nc5nc(Nc6ccccc6)nc(N6CCN(CCN(C)C)CC6)n5)cc4S(=O)(=O)O)c(SOOO)c3)n2)CC1. The van der Waals surface area contributed by atoms with Crippen LogP contribution in [0.5, 0.6) is 0 Å². The molecule has 8 rings (SSSR count). The lowest BCUT2D eigenvalue weighted by Crippen LogP contribution is -2.48. The van der Waals surface area contributed by atoms with Gasteiger partial charge in [-0.05, 0) is 87.8 Å². The lowest BCUT2D eigenvalue weighted by atomic mass is 10.1. The summed E-state index contributed by atoms with van der Waals surface area (Å²) in [6, 6.07) is 28.9. The van der Waals surface area contributed by atoms with Crippen molar-refractivity contribution in [1.29, 1.82) is 0 Å². The van der Waals surface area contributed by atoms with Crippen LogP contribution in [0.4, 0.5) is 58.4 Å². The van der Waals surface area contributed by atoms with E-state index in [0.29, 0.717) is 58.7 Å². The van der Waals surface area contributed by atoms with E-state index in [1.807, 2.05) is 60.7 Å². The summed E-state index contributed by atoms with van der Waals surface area (Å²) in [5, 5.41) is 26.1. The van der Waals surface area contributed by atoms with Gasteiger partial charge < -0.3 is 40.9 Å². The van der Waals surface area contributed by atoms with Gasteiger partial charge in [-0.15, -0.1) is 4.33 Å². The third-order valence-electron chi connectivity index (χ3n) is 11.8. The lowest BCUT2D eigenvalue weighted by molar-refractivity contribution is -0.432. The minimum Gasteiger partial charge on any atom is -0.338 e. The first-order valence-electron chi connectivity index (χ1n) is 23.4. The molecule has 0 bridgehead atoms. The van der Waals surface area contributed by atoms with Gasteiger partial charge in [0.05, 0.1) is 12.0 Å². The summed E-state index contributed by atoms with van der Waals surface area (Å²) in [6.45, 7) is 10.2. The molecule has 2 aliphatic rings. The van der Waals surface area contributed by atoms with Crippen LogP contribution in [-0.4, -0.2) is 174 Å². The van der Waals surface area contributed by atoms with E-state index in [0.717, 1.165) is 88.9 Å². The quantitative estimate of drug-likeness (QED) is 0.0145. The Morgan fingerprint density at radius 2 is 0.986 bits per heavy atom. The first-order chi connectivity index (χ1) is 34.8. The zero-order valence-electron chi connectivity index (χ0n) is 40.6. The second-order valence-corrected chi connectivity index (χ2v) is 19.7. The molecule has 0 amide bonds. The minimum absolute atomic E-state index is 0.172. The second kappa shape index (κ2) is 24.7. The van der Waals surface area contributed by atoms with Gasteiger partial charge >= 0.3 is 0 Å². The Hall–Kier alpha value is -6.58. The number of piperazine rings is 2. The fourth-order valence-electron chi connectivity index (χ4n) is 7.85. The summed E-state index contributed by atoms with van der Waals surface area (Å²) < 4.78 is 41.3. The van der Waals surface area contributed by atoms with E-state index in [9.17, 15) is 13.0 Å². The number of aromatic nitrogens is 6. The van der Waals surface area contributed by atoms with Crippen LogP contribution >= 0.6 is 12.0 Å². The Bertz CT molecular complexity index is 2860. The van der Waals surface area contributed by atoms with Crippen LogP contribution in [0.2, 0.25) is 0 Å². The summed E-state index contributed by atoms with van der Waals surface area (Å²) in [5.74, 6) is 2.08. The van der Waals surface area contributed by atoms with E-state index in [2.05, 4.69) is 93.9 Å². The van der Waals surface area contributed by atoms with Gasteiger partial charge in [-0.25, -0.2) is 5.26 Å². The Morgan fingerprint density at radius 1 is 0.569 bits per heavy atom. The van der Waals surface area contributed by atoms with Crippen molar-refractivity contribution in [3.05, 3.63) is 108 Å². The number of para-hydroxylation sites is 2. The number of benzene rings is 4. The standard InChI is InChI=1S/C48H60N16O6S2/c1-59(2)21-23-61-25-29-63(30-26-61)47-55-43(49-37-11-7-5-8-12-37)53-45(57-47)51-39-19-17-35(41(33-39)71-70-69-65)15-16-36-18-20-40(34-42(36)72(66,67)68)52-46-54-44(50-38-13-9-6-10-14-38)56-48(58-46)64-31-27-62(28-32-64)24-22-60(3)4/h5-20,33-34,65H,21-32H2,1-4H3,(H,66,67,68)(H2,49,51,53,55,57)(H2,50,52,54,56,58). The van der Waals surface area contributed by atoms with Crippen molar-refractivity contribution in [3.8, 4) is 0 Å². The molecule has 0 aliphatic carbocycles. The van der Waals surface area contributed by atoms with Crippen molar-refractivity contribution in [3.63, 3.8) is 0 Å². The molecule has 0 atom stereocenters. The van der Waals surface area contributed by atoms with Gasteiger partial charge in [-0.3, -0.25) is 14.4 Å². The molecule has 2 saturated heterocycles. The Labute approximate surface area is 424 Å². The molecule has 2 aromatic heterocycles. The first kappa shape index (κ1) is 51.8. The normalized spacial score (nSPS) is 14.9. The van der Waals surface area contributed by atoms with Crippen LogP contribution in [0.3, 0.4) is 0 Å². The molecule has 0 saturated carbocycles. The predicted octanol–water partition coefficient (Wildman–Crippen LogP) is 6.24. The highest BCUT2D eigenvalue weighted by molar-refractivity contribution is 7.94. The highest BCUT2D eigenvalue weighted by Gasteiger charge is 2.24. The molecule has 2 aliphatic heterocycles. The summed E-state index contributed by atoms with van der Waals surface area (Å²) in [7, 11) is 3.52. The van der Waals surface area contributed by atoms with Gasteiger partial charge in [0.2, 0.25) is 35.7 Å². The van der Waals surface area contributed by atoms with E-state index in [1.165, 1.54) is 6.07 Å². The third kappa shape index (κ3) is 15.0. The smallest absolute Gasteiger partial charge is 0.295 e. The second-order valence-electron chi connectivity index (χ2n) is 17.6. The van der Waals surface area contributed by atoms with Crippen LogP contribution in [0.15, 0.2) is 107 Å². The largest absolute Gasteiger partial charge is 0.338 e. The summed E-state index contributed by atoms with van der Waals surface area (Å²) in [5.41, 5.74) is 3.20. The molecular formula is C48H60N16O6S2. The van der Waals surface area contributed by atoms with Crippen LogP contribution in [0.1, 0.15) is 11.1 Å². The molecule has 0 spiro atoms. The number of nitrogens with one attached hydrogen (secondary N) is 4. The predicted molar refractivity (Wildman–Crippen MR) is 282 cm³/mol. The first-order valence-corrected chi connectivity index (χ1v) is 25.5. The molecule has 0 radical (unpaired) electrons. The number of hydrogen-bond donors (Lipinski definition) is 6. The molecule has 24 heteroatoms. The van der Waals surface area contributed by atoms with Crippen LogP contribution in [-0.2, 0) is 19.5 Å². The fourth-order valence-corrected chi connectivity index (χ4v) is 9.07. The lowest BCUT2D eigenvalue weighted by Gasteiger charge is -2.35. The topological polar surface area (TPSA) is 238 Å². The van der Waals surface area contributed by atoms with E-state index >= 15 is 0 Å². The highest BCUT2D eigenvalue weighted by atomic mass is 32.2. The third-order valence-corrected chi connectivity index (χ3v) is 13.3. The van der Waals surface area contributed by atoms with Crippen molar-refractivity contribution >= 4 is 92.8 Å². The van der Waals surface area contributed by atoms with Gasteiger partial charge in [-0.2, -0.15) is 38.3 Å². The molecule has 0 unspecified atom stereocenters. The Balaban J connectivity index is 1.02. The van der Waals surface area contributed by atoms with Crippen LogP contribution in [0.25, 0.3) is 12.2 Å². The van der Waals surface area contributed by atoms with Crippen molar-refractivity contribution in [1.82, 2.24) is 49.5 Å². The zero-order valence-corrected chi connectivity index (χ0v) is 42.2.